The maximum absolute atomic E-state index is 12.8. The summed E-state index contributed by atoms with van der Waals surface area (Å²) in [7, 11) is 1.42. The molecule has 3 N–H and O–H groups in total. The van der Waals surface area contributed by atoms with E-state index in [0.29, 0.717) is 11.3 Å². The van der Waals surface area contributed by atoms with E-state index in [0.717, 1.165) is 0 Å². The van der Waals surface area contributed by atoms with Gasteiger partial charge in [0, 0.05) is 12.7 Å². The van der Waals surface area contributed by atoms with Crippen LogP contribution in [0.15, 0.2) is 56.8 Å². The van der Waals surface area contributed by atoms with Crippen LogP contribution in [0.3, 0.4) is 0 Å². The molecule has 0 bridgehead atoms. The highest BCUT2D eigenvalue weighted by Gasteiger charge is 2.50. The summed E-state index contributed by atoms with van der Waals surface area (Å²) in [6.07, 6.45) is -4.64. The van der Waals surface area contributed by atoms with Crippen molar-refractivity contribution in [1.82, 2.24) is 0 Å². The van der Waals surface area contributed by atoms with Crippen LogP contribution in [0, 0.1) is 6.92 Å². The van der Waals surface area contributed by atoms with E-state index in [1.165, 1.54) is 20.1 Å². The Labute approximate surface area is 207 Å². The van der Waals surface area contributed by atoms with E-state index in [1.807, 2.05) is 6.07 Å². The van der Waals surface area contributed by atoms with E-state index in [9.17, 15) is 20.1 Å². The number of hydrogen-bond donors (Lipinski definition) is 3. The Balaban J connectivity index is 1.66. The van der Waals surface area contributed by atoms with Gasteiger partial charge in [-0.15, -0.1) is 0 Å². The van der Waals surface area contributed by atoms with E-state index in [-0.39, 0.29) is 33.7 Å². The number of methoxy groups -OCH3 is 1. The molecule has 192 valence electrons. The maximum atomic E-state index is 12.8. The normalized spacial score (nSPS) is 24.0. The molecule has 1 fully saturated rings. The van der Waals surface area contributed by atoms with Gasteiger partial charge in [-0.3, -0.25) is 0 Å². The summed E-state index contributed by atoms with van der Waals surface area (Å²) in [5.41, 5.74) is -1.29. The molecule has 10 nitrogen and oxygen atoms in total. The third-order valence-corrected chi connectivity index (χ3v) is 6.18. The van der Waals surface area contributed by atoms with Crippen molar-refractivity contribution in [2.45, 2.75) is 57.9 Å². The molecule has 3 aromatic rings. The van der Waals surface area contributed by atoms with Crippen molar-refractivity contribution in [1.29, 1.82) is 0 Å². The minimum atomic E-state index is -1.40. The van der Waals surface area contributed by atoms with Gasteiger partial charge in [0.15, 0.2) is 5.75 Å². The smallest absolute Gasteiger partial charge is 0.349 e. The molecule has 0 aliphatic carbocycles. The van der Waals surface area contributed by atoms with Crippen molar-refractivity contribution in [3.63, 3.8) is 0 Å². The highest BCUT2D eigenvalue weighted by atomic mass is 16.7. The molecular formula is C26H29NO9. The Hall–Kier alpha value is -3.44. The van der Waals surface area contributed by atoms with E-state index in [1.54, 1.807) is 51.1 Å². The van der Waals surface area contributed by atoms with Crippen molar-refractivity contribution in [2.24, 2.45) is 5.16 Å². The van der Waals surface area contributed by atoms with Gasteiger partial charge in [-0.25, -0.2) is 4.79 Å². The fourth-order valence-corrected chi connectivity index (χ4v) is 4.29. The van der Waals surface area contributed by atoms with Crippen molar-refractivity contribution in [3.05, 3.63) is 64.0 Å². The average Bonchev–Trinajstić information content (AvgIpc) is 2.83. The molecule has 1 saturated heterocycles. The van der Waals surface area contributed by atoms with Gasteiger partial charge in [-0.1, -0.05) is 23.4 Å². The van der Waals surface area contributed by atoms with Crippen LogP contribution in [0.4, 0.5) is 0 Å². The first-order valence-electron chi connectivity index (χ1n) is 11.3. The van der Waals surface area contributed by atoms with Gasteiger partial charge in [0.05, 0.1) is 16.7 Å². The zero-order valence-electron chi connectivity index (χ0n) is 20.6. The minimum absolute atomic E-state index is 0.0930. The molecule has 36 heavy (non-hydrogen) atoms. The minimum Gasteiger partial charge on any atom is -0.506 e. The van der Waals surface area contributed by atoms with Crippen LogP contribution >= 0.6 is 0 Å². The second-order valence-electron chi connectivity index (χ2n) is 9.10. The largest absolute Gasteiger partial charge is 0.506 e. The van der Waals surface area contributed by atoms with Gasteiger partial charge in [0.25, 0.3) is 0 Å². The van der Waals surface area contributed by atoms with Crippen LogP contribution in [0.2, 0.25) is 0 Å². The van der Waals surface area contributed by atoms with E-state index in [4.69, 9.17) is 23.5 Å². The molecule has 2 heterocycles. The highest BCUT2D eigenvalue weighted by Crippen LogP contribution is 2.37. The number of rotatable bonds is 6. The number of oxime groups is 1. The van der Waals surface area contributed by atoms with Crippen molar-refractivity contribution < 1.29 is 38.8 Å². The number of aliphatic hydroxyl groups excluding tert-OH is 2. The van der Waals surface area contributed by atoms with Gasteiger partial charge in [0.2, 0.25) is 6.29 Å². The third-order valence-electron chi connectivity index (χ3n) is 6.18. The lowest BCUT2D eigenvalue weighted by molar-refractivity contribution is -0.306. The third kappa shape index (κ3) is 4.68. The summed E-state index contributed by atoms with van der Waals surface area (Å²) in [5, 5.41) is 36.1. The molecule has 1 aromatic heterocycles. The summed E-state index contributed by atoms with van der Waals surface area (Å²) in [4.78, 5) is 18.1. The van der Waals surface area contributed by atoms with Gasteiger partial charge in [-0.2, -0.15) is 0 Å². The number of para-hydroxylation sites is 1. The molecule has 4 atom stereocenters. The molecule has 0 radical (unpaired) electrons. The zero-order chi connectivity index (χ0) is 26.2. The molecule has 10 heteroatoms. The van der Waals surface area contributed by atoms with Crippen LogP contribution in [0.25, 0.3) is 11.0 Å². The summed E-state index contributed by atoms with van der Waals surface area (Å²) >= 11 is 0. The monoisotopic (exact) mass is 499 g/mol. The zero-order valence-corrected chi connectivity index (χ0v) is 20.6. The molecule has 4 rings (SSSR count). The predicted molar refractivity (Wildman–Crippen MR) is 131 cm³/mol. The second-order valence-corrected chi connectivity index (χ2v) is 9.10. The van der Waals surface area contributed by atoms with Crippen LogP contribution < -0.4 is 15.2 Å². The number of hydrogen-bond acceptors (Lipinski definition) is 10. The fourth-order valence-electron chi connectivity index (χ4n) is 4.29. The Kier molecular flexibility index (Phi) is 7.05. The fraction of sp³-hybridized carbons (Fsp3) is 0.385. The second kappa shape index (κ2) is 9.90. The quantitative estimate of drug-likeness (QED) is 0.265. The van der Waals surface area contributed by atoms with Gasteiger partial charge >= 0.3 is 5.63 Å². The van der Waals surface area contributed by atoms with E-state index >= 15 is 0 Å². The van der Waals surface area contributed by atoms with Crippen molar-refractivity contribution >= 4 is 16.7 Å². The Morgan fingerprint density at radius 2 is 1.78 bits per heavy atom. The lowest BCUT2D eigenvalue weighted by Gasteiger charge is -2.46. The van der Waals surface area contributed by atoms with Crippen molar-refractivity contribution in [2.75, 3.05) is 7.11 Å². The number of aliphatic hydroxyl groups is 2. The first-order valence-corrected chi connectivity index (χ1v) is 11.3. The predicted octanol–water partition coefficient (Wildman–Crippen LogP) is 2.86. The Bertz CT molecular complexity index is 1330. The standard InChI is InChI=1S/C26H29NO9/c1-13-17(33-25-21(30)20(29)23(32-5)26(3,4)35-25)12-11-16-19(28)18(24(31)34-22(13)16)14(2)27-36-15-9-7-6-8-10-15/h6-12,20-21,23,25,28-30H,1-5H3/t20-,21-,23-,25-/m1/s1. The molecule has 0 unspecified atom stereocenters. The van der Waals surface area contributed by atoms with Crippen LogP contribution in [-0.2, 0) is 9.47 Å². The van der Waals surface area contributed by atoms with Crippen molar-refractivity contribution in [3.8, 4) is 17.2 Å². The van der Waals surface area contributed by atoms with Gasteiger partial charge in [0.1, 0.15) is 41.0 Å². The van der Waals surface area contributed by atoms with Crippen LogP contribution in [0.5, 0.6) is 17.2 Å². The van der Waals surface area contributed by atoms with Gasteiger partial charge < -0.3 is 38.8 Å². The number of aromatic hydroxyl groups is 1. The number of ether oxygens (including phenoxy) is 3. The number of aryl methyl sites for hydroxylation is 1. The summed E-state index contributed by atoms with van der Waals surface area (Å²) in [6, 6.07) is 11.8. The van der Waals surface area contributed by atoms with Crippen LogP contribution in [-0.4, -0.2) is 58.3 Å². The van der Waals surface area contributed by atoms with E-state index in [2.05, 4.69) is 5.16 Å². The lowest BCUT2D eigenvalue weighted by Crippen LogP contribution is -2.63. The van der Waals surface area contributed by atoms with E-state index < -0.39 is 35.8 Å². The molecule has 0 saturated carbocycles. The SMILES string of the molecule is CO[C@@H]1[C@H](O)[C@@H](O)[C@H](Oc2ccc3c(O)c(C(C)=NOc4ccccc4)c(=O)oc3c2C)OC1(C)C. The Morgan fingerprint density at radius 1 is 1.08 bits per heavy atom. The highest BCUT2D eigenvalue weighted by molar-refractivity contribution is 6.04. The van der Waals surface area contributed by atoms with Gasteiger partial charge in [-0.05, 0) is 52.0 Å². The van der Waals surface area contributed by atoms with Crippen LogP contribution in [0.1, 0.15) is 31.9 Å². The molecular weight excluding hydrogens is 470 g/mol. The molecule has 2 aromatic carbocycles. The average molecular weight is 500 g/mol. The molecule has 1 aliphatic heterocycles. The molecule has 0 amide bonds. The Morgan fingerprint density at radius 3 is 2.44 bits per heavy atom. The topological polar surface area (TPSA) is 140 Å². The number of nitrogens with zero attached hydrogens (tertiary/aromatic N) is 1. The first-order chi connectivity index (χ1) is 17.0. The number of benzene rings is 2. The number of fused-ring (bicyclic) bond motifs is 1. The first kappa shape index (κ1) is 25.6. The maximum Gasteiger partial charge on any atom is 0.349 e. The summed E-state index contributed by atoms with van der Waals surface area (Å²) < 4.78 is 22.5. The summed E-state index contributed by atoms with van der Waals surface area (Å²) in [6.45, 7) is 6.58. The summed E-state index contributed by atoms with van der Waals surface area (Å²) in [5.74, 6) is 0.386. The lowest BCUT2D eigenvalue weighted by atomic mass is 9.89. The molecule has 0 spiro atoms. The molecule has 1 aliphatic rings.